The van der Waals surface area contributed by atoms with Gasteiger partial charge in [0.15, 0.2) is 6.61 Å². The van der Waals surface area contributed by atoms with E-state index in [0.29, 0.717) is 6.54 Å². The van der Waals surface area contributed by atoms with Crippen LogP contribution in [0.1, 0.15) is 16.7 Å². The number of amides is 1. The van der Waals surface area contributed by atoms with E-state index in [9.17, 15) is 4.79 Å². The third-order valence-electron chi connectivity index (χ3n) is 4.58. The van der Waals surface area contributed by atoms with Crippen LogP contribution in [0, 0.1) is 20.8 Å². The first kappa shape index (κ1) is 17.1. The minimum atomic E-state index is -0.100. The lowest BCUT2D eigenvalue weighted by Gasteiger charge is -2.14. The van der Waals surface area contributed by atoms with E-state index in [-0.39, 0.29) is 12.5 Å². The molecule has 0 unspecified atom stereocenters. The highest BCUT2D eigenvalue weighted by Crippen LogP contribution is 2.25. The highest BCUT2D eigenvalue weighted by atomic mass is 16.5. The number of aromatic nitrogens is 1. The lowest BCUT2D eigenvalue weighted by atomic mass is 10.1. The molecule has 3 aromatic rings. The fraction of sp³-hybridized carbons (Fsp3) is 0.286. The summed E-state index contributed by atoms with van der Waals surface area (Å²) in [5.41, 5.74) is 4.49. The standard InChI is InChI=1S/C21H24N2O2/c1-15-8-9-16(2)21(17(15)3)25-14-20(24)22-11-13-23-12-10-18-6-4-5-7-19(18)23/h4-10,12H,11,13-14H2,1-3H3,(H,22,24). The van der Waals surface area contributed by atoms with Gasteiger partial charge < -0.3 is 14.6 Å². The fourth-order valence-electron chi connectivity index (χ4n) is 2.99. The number of benzene rings is 2. The molecule has 1 N–H and O–H groups in total. The maximum absolute atomic E-state index is 12.1. The maximum atomic E-state index is 12.1. The molecular weight excluding hydrogens is 312 g/mol. The fourth-order valence-corrected chi connectivity index (χ4v) is 2.99. The van der Waals surface area contributed by atoms with E-state index in [4.69, 9.17) is 4.74 Å². The second-order valence-electron chi connectivity index (χ2n) is 6.36. The van der Waals surface area contributed by atoms with Crippen molar-refractivity contribution in [2.45, 2.75) is 27.3 Å². The van der Waals surface area contributed by atoms with Crippen LogP contribution < -0.4 is 10.1 Å². The number of hydrogen-bond acceptors (Lipinski definition) is 2. The average Bonchev–Trinajstić information content (AvgIpc) is 3.02. The van der Waals surface area contributed by atoms with Gasteiger partial charge in [-0.1, -0.05) is 30.3 Å². The zero-order chi connectivity index (χ0) is 17.8. The van der Waals surface area contributed by atoms with Gasteiger partial charge in [0, 0.05) is 24.8 Å². The Balaban J connectivity index is 1.51. The average molecular weight is 336 g/mol. The van der Waals surface area contributed by atoms with Crippen molar-refractivity contribution in [1.29, 1.82) is 0 Å². The Morgan fingerprint density at radius 1 is 1.04 bits per heavy atom. The van der Waals surface area contributed by atoms with E-state index in [2.05, 4.69) is 34.1 Å². The van der Waals surface area contributed by atoms with E-state index in [1.807, 2.05) is 45.2 Å². The van der Waals surface area contributed by atoms with Crippen molar-refractivity contribution in [3.63, 3.8) is 0 Å². The van der Waals surface area contributed by atoms with Crippen LogP contribution in [0.25, 0.3) is 10.9 Å². The van der Waals surface area contributed by atoms with Crippen LogP contribution in [0.2, 0.25) is 0 Å². The van der Waals surface area contributed by atoms with Gasteiger partial charge in [0.25, 0.3) is 5.91 Å². The number of nitrogens with one attached hydrogen (secondary N) is 1. The molecule has 0 saturated heterocycles. The van der Waals surface area contributed by atoms with Crippen LogP contribution in [-0.2, 0) is 11.3 Å². The molecule has 0 atom stereocenters. The monoisotopic (exact) mass is 336 g/mol. The van der Waals surface area contributed by atoms with Gasteiger partial charge in [-0.3, -0.25) is 4.79 Å². The Morgan fingerprint density at radius 2 is 1.80 bits per heavy atom. The quantitative estimate of drug-likeness (QED) is 0.745. The van der Waals surface area contributed by atoms with Crippen molar-refractivity contribution in [3.8, 4) is 5.75 Å². The molecule has 0 aliphatic carbocycles. The summed E-state index contributed by atoms with van der Waals surface area (Å²) in [6, 6.07) is 14.4. The van der Waals surface area contributed by atoms with Crippen LogP contribution in [0.3, 0.4) is 0 Å². The molecule has 0 bridgehead atoms. The Morgan fingerprint density at radius 3 is 2.64 bits per heavy atom. The van der Waals surface area contributed by atoms with Crippen LogP contribution in [0.15, 0.2) is 48.7 Å². The van der Waals surface area contributed by atoms with E-state index in [0.717, 1.165) is 23.4 Å². The maximum Gasteiger partial charge on any atom is 0.258 e. The second-order valence-corrected chi connectivity index (χ2v) is 6.36. The molecule has 4 heteroatoms. The van der Waals surface area contributed by atoms with Crippen LogP contribution in [-0.4, -0.2) is 23.6 Å². The first-order valence-corrected chi connectivity index (χ1v) is 8.56. The topological polar surface area (TPSA) is 43.3 Å². The van der Waals surface area contributed by atoms with Gasteiger partial charge in [0.1, 0.15) is 5.75 Å². The van der Waals surface area contributed by atoms with E-state index >= 15 is 0 Å². The summed E-state index contributed by atoms with van der Waals surface area (Å²) in [6.45, 7) is 7.42. The van der Waals surface area contributed by atoms with Crippen molar-refractivity contribution in [3.05, 3.63) is 65.4 Å². The molecule has 1 amide bonds. The van der Waals surface area contributed by atoms with Crippen molar-refractivity contribution in [2.24, 2.45) is 0 Å². The summed E-state index contributed by atoms with van der Waals surface area (Å²) in [7, 11) is 0. The number of carbonyl (C=O) groups excluding carboxylic acids is 1. The largest absolute Gasteiger partial charge is 0.483 e. The highest BCUT2D eigenvalue weighted by molar-refractivity contribution is 5.80. The molecule has 0 aliphatic heterocycles. The minimum Gasteiger partial charge on any atom is -0.483 e. The number of fused-ring (bicyclic) bond motifs is 1. The smallest absolute Gasteiger partial charge is 0.258 e. The Bertz CT molecular complexity index is 896. The molecule has 25 heavy (non-hydrogen) atoms. The number of nitrogens with zero attached hydrogens (tertiary/aromatic N) is 1. The summed E-state index contributed by atoms with van der Waals surface area (Å²) in [5, 5.41) is 4.14. The van der Waals surface area contributed by atoms with Gasteiger partial charge >= 0.3 is 0 Å². The van der Waals surface area contributed by atoms with Crippen molar-refractivity contribution in [2.75, 3.05) is 13.2 Å². The van der Waals surface area contributed by atoms with Gasteiger partial charge in [-0.2, -0.15) is 0 Å². The second kappa shape index (κ2) is 7.43. The molecule has 2 aromatic carbocycles. The molecular formula is C21H24N2O2. The molecule has 0 fully saturated rings. The molecule has 0 radical (unpaired) electrons. The summed E-state index contributed by atoms with van der Waals surface area (Å²) in [4.78, 5) is 12.1. The lowest BCUT2D eigenvalue weighted by molar-refractivity contribution is -0.123. The van der Waals surface area contributed by atoms with E-state index < -0.39 is 0 Å². The summed E-state index contributed by atoms with van der Waals surface area (Å²) in [5.74, 6) is 0.711. The van der Waals surface area contributed by atoms with Crippen LogP contribution >= 0.6 is 0 Å². The normalized spacial score (nSPS) is 10.8. The van der Waals surface area contributed by atoms with Gasteiger partial charge in [-0.25, -0.2) is 0 Å². The third kappa shape index (κ3) is 3.85. The van der Waals surface area contributed by atoms with Crippen molar-refractivity contribution in [1.82, 2.24) is 9.88 Å². The first-order valence-electron chi connectivity index (χ1n) is 8.56. The molecule has 0 aliphatic rings. The molecule has 1 aromatic heterocycles. The Kier molecular flexibility index (Phi) is 5.08. The number of ether oxygens (including phenoxy) is 1. The first-order chi connectivity index (χ1) is 12.1. The van der Waals surface area contributed by atoms with Crippen LogP contribution in [0.4, 0.5) is 0 Å². The number of rotatable bonds is 6. The number of hydrogen-bond donors (Lipinski definition) is 1. The van der Waals surface area contributed by atoms with E-state index in [1.165, 1.54) is 16.5 Å². The van der Waals surface area contributed by atoms with Crippen LogP contribution in [0.5, 0.6) is 5.75 Å². The Labute approximate surface area is 148 Å². The van der Waals surface area contributed by atoms with Crippen molar-refractivity contribution < 1.29 is 9.53 Å². The number of carbonyl (C=O) groups is 1. The number of para-hydroxylation sites is 1. The van der Waals surface area contributed by atoms with E-state index in [1.54, 1.807) is 0 Å². The molecule has 1 heterocycles. The SMILES string of the molecule is Cc1ccc(C)c(OCC(=O)NCCn2ccc3ccccc32)c1C. The Hall–Kier alpha value is -2.75. The third-order valence-corrected chi connectivity index (χ3v) is 4.58. The van der Waals surface area contributed by atoms with Gasteiger partial charge in [-0.05, 0) is 55.0 Å². The number of aryl methyl sites for hydroxylation is 2. The zero-order valence-corrected chi connectivity index (χ0v) is 15.0. The van der Waals surface area contributed by atoms with Gasteiger partial charge in [-0.15, -0.1) is 0 Å². The highest BCUT2D eigenvalue weighted by Gasteiger charge is 2.09. The predicted octanol–water partition coefficient (Wildman–Crippen LogP) is 3.76. The molecule has 0 spiro atoms. The molecule has 0 saturated carbocycles. The molecule has 130 valence electrons. The summed E-state index contributed by atoms with van der Waals surface area (Å²) in [6.07, 6.45) is 2.05. The molecule has 3 rings (SSSR count). The summed E-state index contributed by atoms with van der Waals surface area (Å²) < 4.78 is 7.89. The summed E-state index contributed by atoms with van der Waals surface area (Å²) >= 11 is 0. The predicted molar refractivity (Wildman–Crippen MR) is 101 cm³/mol. The lowest BCUT2D eigenvalue weighted by Crippen LogP contribution is -2.31. The van der Waals surface area contributed by atoms with Gasteiger partial charge in [0.05, 0.1) is 0 Å². The zero-order valence-electron chi connectivity index (χ0n) is 15.0. The molecule has 4 nitrogen and oxygen atoms in total. The minimum absolute atomic E-state index is 0.0392. The van der Waals surface area contributed by atoms with Crippen molar-refractivity contribution >= 4 is 16.8 Å². The van der Waals surface area contributed by atoms with Gasteiger partial charge in [0.2, 0.25) is 0 Å².